The van der Waals surface area contributed by atoms with E-state index in [1.54, 1.807) is 0 Å². The first-order chi connectivity index (χ1) is 9.02. The van der Waals surface area contributed by atoms with Crippen LogP contribution in [0.3, 0.4) is 0 Å². The van der Waals surface area contributed by atoms with E-state index in [9.17, 15) is 4.79 Å². The lowest BCUT2D eigenvalue weighted by atomic mass is 10.1. The summed E-state index contributed by atoms with van der Waals surface area (Å²) in [6, 6.07) is 9.80. The summed E-state index contributed by atoms with van der Waals surface area (Å²) in [4.78, 5) is 16.0. The average Bonchev–Trinajstić information content (AvgIpc) is 2.41. The number of benzene rings is 1. The highest BCUT2D eigenvalue weighted by Gasteiger charge is 2.16. The molecule has 2 aromatic rings. The zero-order chi connectivity index (χ0) is 14.0. The molecule has 2 N–H and O–H groups in total. The van der Waals surface area contributed by atoms with Gasteiger partial charge in [0.25, 0.3) is 0 Å². The van der Waals surface area contributed by atoms with Gasteiger partial charge < -0.3 is 10.5 Å². The maximum Gasteiger partial charge on any atom is 0.358 e. The first kappa shape index (κ1) is 13.1. The van der Waals surface area contributed by atoms with Gasteiger partial charge in [-0.2, -0.15) is 0 Å². The molecule has 0 bridgehead atoms. The second-order valence-electron chi connectivity index (χ2n) is 4.44. The van der Waals surface area contributed by atoms with Crippen molar-refractivity contribution in [2.24, 2.45) is 0 Å². The van der Waals surface area contributed by atoms with Crippen molar-refractivity contribution < 1.29 is 9.53 Å². The first-order valence-corrected chi connectivity index (χ1v) is 5.95. The summed E-state index contributed by atoms with van der Waals surface area (Å²) in [7, 11) is 1.32. The number of hydrogen-bond donors (Lipinski definition) is 1. The Morgan fingerprint density at radius 3 is 2.42 bits per heavy atom. The summed E-state index contributed by atoms with van der Waals surface area (Å²) in [6.45, 7) is 3.87. The zero-order valence-electron chi connectivity index (χ0n) is 11.2. The smallest absolute Gasteiger partial charge is 0.358 e. The predicted octanol–water partition coefficient (Wildman–Crippen LogP) is 2.73. The maximum absolute atomic E-state index is 11.7. The number of carbonyl (C=O) groups excluding carboxylic acids is 1. The SMILES string of the molecule is COC(=O)c1nc(-c2ccc(C)cc2)cc(C)c1N. The van der Waals surface area contributed by atoms with E-state index < -0.39 is 5.97 Å². The van der Waals surface area contributed by atoms with Gasteiger partial charge in [-0.25, -0.2) is 9.78 Å². The lowest BCUT2D eigenvalue weighted by Crippen LogP contribution is -2.10. The van der Waals surface area contributed by atoms with E-state index in [0.29, 0.717) is 11.4 Å². The molecule has 4 nitrogen and oxygen atoms in total. The van der Waals surface area contributed by atoms with E-state index in [2.05, 4.69) is 4.98 Å². The normalized spacial score (nSPS) is 10.3. The third kappa shape index (κ3) is 2.57. The van der Waals surface area contributed by atoms with Crippen LogP contribution in [0.4, 0.5) is 5.69 Å². The summed E-state index contributed by atoms with van der Waals surface area (Å²) in [5.41, 5.74) is 10.0. The number of nitrogens with zero attached hydrogens (tertiary/aromatic N) is 1. The fraction of sp³-hybridized carbons (Fsp3) is 0.200. The molecule has 0 saturated heterocycles. The summed E-state index contributed by atoms with van der Waals surface area (Å²) in [6.07, 6.45) is 0. The highest BCUT2D eigenvalue weighted by Crippen LogP contribution is 2.24. The summed E-state index contributed by atoms with van der Waals surface area (Å²) in [5.74, 6) is -0.519. The maximum atomic E-state index is 11.7. The number of esters is 1. The molecule has 2 rings (SSSR count). The molecule has 4 heteroatoms. The van der Waals surface area contributed by atoms with E-state index in [0.717, 1.165) is 11.1 Å². The minimum atomic E-state index is -0.519. The van der Waals surface area contributed by atoms with E-state index >= 15 is 0 Å². The lowest BCUT2D eigenvalue weighted by Gasteiger charge is -2.09. The molecule has 0 saturated carbocycles. The molecule has 1 aromatic heterocycles. The molecule has 98 valence electrons. The average molecular weight is 256 g/mol. The van der Waals surface area contributed by atoms with Crippen LogP contribution in [-0.2, 0) is 4.74 Å². The lowest BCUT2D eigenvalue weighted by molar-refractivity contribution is 0.0595. The van der Waals surface area contributed by atoms with Crippen LogP contribution >= 0.6 is 0 Å². The Bertz CT molecular complexity index is 619. The number of rotatable bonds is 2. The summed E-state index contributed by atoms with van der Waals surface area (Å²) < 4.78 is 4.70. The van der Waals surface area contributed by atoms with Gasteiger partial charge in [-0.05, 0) is 25.5 Å². The van der Waals surface area contributed by atoms with Crippen LogP contribution in [0.5, 0.6) is 0 Å². The Morgan fingerprint density at radius 2 is 1.84 bits per heavy atom. The van der Waals surface area contributed by atoms with E-state index in [1.807, 2.05) is 44.2 Å². The third-order valence-electron chi connectivity index (χ3n) is 2.99. The second-order valence-corrected chi connectivity index (χ2v) is 4.44. The largest absolute Gasteiger partial charge is 0.464 e. The van der Waals surface area contributed by atoms with Crippen molar-refractivity contribution in [3.05, 3.63) is 47.2 Å². The molecular formula is C15H16N2O2. The molecule has 0 radical (unpaired) electrons. The van der Waals surface area contributed by atoms with Crippen molar-refractivity contribution in [1.29, 1.82) is 0 Å². The van der Waals surface area contributed by atoms with Crippen LogP contribution < -0.4 is 5.73 Å². The van der Waals surface area contributed by atoms with Crippen LogP contribution in [0.2, 0.25) is 0 Å². The Labute approximate surface area is 112 Å². The molecule has 0 atom stereocenters. The fourth-order valence-corrected chi connectivity index (χ4v) is 1.81. The van der Waals surface area contributed by atoms with Crippen molar-refractivity contribution >= 4 is 11.7 Å². The molecule has 1 aromatic carbocycles. The highest BCUT2D eigenvalue weighted by molar-refractivity contribution is 5.94. The predicted molar refractivity (Wildman–Crippen MR) is 74.9 cm³/mol. The quantitative estimate of drug-likeness (QED) is 0.839. The minimum absolute atomic E-state index is 0.165. The van der Waals surface area contributed by atoms with Gasteiger partial charge in [0.05, 0.1) is 18.5 Å². The monoisotopic (exact) mass is 256 g/mol. The van der Waals surface area contributed by atoms with Crippen molar-refractivity contribution in [3.8, 4) is 11.3 Å². The number of hydrogen-bond acceptors (Lipinski definition) is 4. The summed E-state index contributed by atoms with van der Waals surface area (Å²) >= 11 is 0. The Kier molecular flexibility index (Phi) is 3.51. The highest BCUT2D eigenvalue weighted by atomic mass is 16.5. The number of methoxy groups -OCH3 is 1. The standard InChI is InChI=1S/C15H16N2O2/c1-9-4-6-11(7-5-9)12-8-10(2)13(16)14(17-12)15(18)19-3/h4-8H,16H2,1-3H3. The number of aromatic nitrogens is 1. The first-order valence-electron chi connectivity index (χ1n) is 5.95. The van der Waals surface area contributed by atoms with Gasteiger partial charge in [0.1, 0.15) is 0 Å². The third-order valence-corrected chi connectivity index (χ3v) is 2.99. The van der Waals surface area contributed by atoms with Gasteiger partial charge in [-0.1, -0.05) is 29.8 Å². The number of aryl methyl sites for hydroxylation is 2. The molecular weight excluding hydrogens is 240 g/mol. The van der Waals surface area contributed by atoms with Gasteiger partial charge in [0.2, 0.25) is 0 Å². The molecule has 0 spiro atoms. The zero-order valence-corrected chi connectivity index (χ0v) is 11.2. The van der Waals surface area contributed by atoms with E-state index in [-0.39, 0.29) is 5.69 Å². The Morgan fingerprint density at radius 1 is 1.21 bits per heavy atom. The number of pyridine rings is 1. The molecule has 0 unspecified atom stereocenters. The van der Waals surface area contributed by atoms with Crippen molar-refractivity contribution in [1.82, 2.24) is 4.98 Å². The van der Waals surface area contributed by atoms with Gasteiger partial charge in [0.15, 0.2) is 5.69 Å². The number of carbonyl (C=O) groups is 1. The minimum Gasteiger partial charge on any atom is -0.464 e. The summed E-state index contributed by atoms with van der Waals surface area (Å²) in [5, 5.41) is 0. The molecule has 19 heavy (non-hydrogen) atoms. The molecule has 0 aliphatic rings. The van der Waals surface area contributed by atoms with Gasteiger partial charge >= 0.3 is 5.97 Å². The van der Waals surface area contributed by atoms with Crippen LogP contribution in [0, 0.1) is 13.8 Å². The second kappa shape index (κ2) is 5.10. The number of anilines is 1. The number of nitrogens with two attached hydrogens (primary N) is 1. The van der Waals surface area contributed by atoms with Gasteiger partial charge in [-0.15, -0.1) is 0 Å². The van der Waals surface area contributed by atoms with Crippen LogP contribution in [0.1, 0.15) is 21.6 Å². The number of ether oxygens (including phenoxy) is 1. The topological polar surface area (TPSA) is 65.2 Å². The molecule has 1 heterocycles. The van der Waals surface area contributed by atoms with E-state index in [1.165, 1.54) is 12.7 Å². The van der Waals surface area contributed by atoms with Crippen molar-refractivity contribution in [2.45, 2.75) is 13.8 Å². The molecule has 0 aliphatic heterocycles. The van der Waals surface area contributed by atoms with E-state index in [4.69, 9.17) is 10.5 Å². The van der Waals surface area contributed by atoms with Crippen LogP contribution in [0.25, 0.3) is 11.3 Å². The number of nitrogen functional groups attached to an aromatic ring is 1. The van der Waals surface area contributed by atoms with Crippen LogP contribution in [-0.4, -0.2) is 18.1 Å². The van der Waals surface area contributed by atoms with Gasteiger partial charge in [-0.3, -0.25) is 0 Å². The van der Waals surface area contributed by atoms with Crippen LogP contribution in [0.15, 0.2) is 30.3 Å². The Balaban J connectivity index is 2.56. The van der Waals surface area contributed by atoms with Gasteiger partial charge in [0, 0.05) is 5.56 Å². The molecule has 0 aliphatic carbocycles. The fourth-order valence-electron chi connectivity index (χ4n) is 1.81. The van der Waals surface area contributed by atoms with Crippen molar-refractivity contribution in [2.75, 3.05) is 12.8 Å². The molecule has 0 fully saturated rings. The van der Waals surface area contributed by atoms with Crippen molar-refractivity contribution in [3.63, 3.8) is 0 Å². The molecule has 0 amide bonds. The Hall–Kier alpha value is -2.36.